The van der Waals surface area contributed by atoms with Gasteiger partial charge in [-0.05, 0) is 58.6 Å². The van der Waals surface area contributed by atoms with Gasteiger partial charge in [0.1, 0.15) is 5.75 Å². The molecular formula is C30H38O3S. The van der Waals surface area contributed by atoms with Crippen molar-refractivity contribution >= 4 is 33.0 Å². The first-order chi connectivity index (χ1) is 15.7. The third-order valence-corrected chi connectivity index (χ3v) is 7.14. The highest BCUT2D eigenvalue weighted by molar-refractivity contribution is 7.20. The number of thiophene rings is 1. The van der Waals surface area contributed by atoms with Gasteiger partial charge in [-0.1, -0.05) is 73.6 Å². The lowest BCUT2D eigenvalue weighted by Crippen LogP contribution is -2.19. The van der Waals surface area contributed by atoms with E-state index in [-0.39, 0.29) is 10.8 Å². The molecule has 3 rings (SSSR count). The Hall–Kier alpha value is -2.59. The minimum Gasteiger partial charge on any atom is -0.492 e. The zero-order valence-electron chi connectivity index (χ0n) is 22.0. The number of carboxylic acids is 1. The lowest BCUT2D eigenvalue weighted by molar-refractivity contribution is -0.131. The Balaban J connectivity index is 2.37. The van der Waals surface area contributed by atoms with Crippen LogP contribution in [0.15, 0.2) is 42.5 Å². The molecule has 0 unspecified atom stereocenters. The van der Waals surface area contributed by atoms with Crippen LogP contribution in [0.25, 0.3) is 26.8 Å². The summed E-state index contributed by atoms with van der Waals surface area (Å²) in [4.78, 5) is 12.2. The Bertz CT molecular complexity index is 1230. The van der Waals surface area contributed by atoms with E-state index in [1.54, 1.807) is 11.3 Å². The Morgan fingerprint density at radius 3 is 2.26 bits per heavy atom. The fourth-order valence-electron chi connectivity index (χ4n) is 3.97. The summed E-state index contributed by atoms with van der Waals surface area (Å²) in [7, 11) is 0. The lowest BCUT2D eigenvalue weighted by Gasteiger charge is -2.30. The van der Waals surface area contributed by atoms with Crippen molar-refractivity contribution in [2.24, 2.45) is 5.92 Å². The van der Waals surface area contributed by atoms with Crippen molar-refractivity contribution in [1.29, 1.82) is 0 Å². The first-order valence-corrected chi connectivity index (χ1v) is 12.8. The van der Waals surface area contributed by atoms with E-state index in [2.05, 4.69) is 91.8 Å². The molecule has 0 fully saturated rings. The molecule has 0 atom stereocenters. The van der Waals surface area contributed by atoms with E-state index >= 15 is 0 Å². The number of fused-ring (bicyclic) bond motifs is 1. The summed E-state index contributed by atoms with van der Waals surface area (Å²) in [5.74, 6) is 0.440. The molecule has 34 heavy (non-hydrogen) atoms. The normalized spacial score (nSPS) is 13.1. The summed E-state index contributed by atoms with van der Waals surface area (Å²) in [6.07, 6.45) is 1.28. The van der Waals surface area contributed by atoms with Crippen LogP contribution in [-0.2, 0) is 15.6 Å². The van der Waals surface area contributed by atoms with E-state index in [1.807, 2.05) is 6.92 Å². The molecule has 1 heterocycles. The van der Waals surface area contributed by atoms with Gasteiger partial charge in [-0.2, -0.15) is 0 Å². The highest BCUT2D eigenvalue weighted by Gasteiger charge is 2.27. The molecule has 2 aromatic carbocycles. The van der Waals surface area contributed by atoms with Crippen LogP contribution in [0.2, 0.25) is 0 Å². The number of carbonyl (C=O) groups is 1. The van der Waals surface area contributed by atoms with Crippen molar-refractivity contribution in [1.82, 2.24) is 0 Å². The van der Waals surface area contributed by atoms with Crippen molar-refractivity contribution in [3.8, 4) is 16.9 Å². The van der Waals surface area contributed by atoms with Gasteiger partial charge in [0.05, 0.1) is 6.61 Å². The van der Waals surface area contributed by atoms with Gasteiger partial charge >= 0.3 is 5.97 Å². The zero-order valence-corrected chi connectivity index (χ0v) is 22.8. The quantitative estimate of drug-likeness (QED) is 0.360. The first-order valence-electron chi connectivity index (χ1n) is 11.9. The van der Waals surface area contributed by atoms with Gasteiger partial charge in [-0.25, -0.2) is 4.79 Å². The van der Waals surface area contributed by atoms with Crippen molar-refractivity contribution in [3.05, 3.63) is 58.5 Å². The van der Waals surface area contributed by atoms with E-state index in [0.717, 1.165) is 37.4 Å². The van der Waals surface area contributed by atoms with Gasteiger partial charge in [-0.15, -0.1) is 11.3 Å². The molecule has 0 aliphatic carbocycles. The van der Waals surface area contributed by atoms with E-state index in [4.69, 9.17) is 4.74 Å². The molecular weight excluding hydrogens is 440 g/mol. The van der Waals surface area contributed by atoms with Crippen LogP contribution in [0.1, 0.15) is 78.3 Å². The van der Waals surface area contributed by atoms with E-state index < -0.39 is 5.97 Å². The topological polar surface area (TPSA) is 46.5 Å². The highest BCUT2D eigenvalue weighted by atomic mass is 32.1. The predicted octanol–water partition coefficient (Wildman–Crippen LogP) is 8.69. The molecule has 0 amide bonds. The van der Waals surface area contributed by atoms with Crippen LogP contribution < -0.4 is 4.74 Å². The minimum atomic E-state index is -0.924. The molecule has 182 valence electrons. The third-order valence-electron chi connectivity index (χ3n) is 5.90. The molecule has 0 radical (unpaired) electrons. The van der Waals surface area contributed by atoms with Crippen LogP contribution in [0, 0.1) is 5.92 Å². The minimum absolute atomic E-state index is 0.0140. The average molecular weight is 479 g/mol. The van der Waals surface area contributed by atoms with Crippen molar-refractivity contribution in [3.63, 3.8) is 0 Å². The van der Waals surface area contributed by atoms with Crippen molar-refractivity contribution in [2.45, 2.75) is 73.1 Å². The van der Waals surface area contributed by atoms with Crippen molar-refractivity contribution < 1.29 is 14.6 Å². The maximum atomic E-state index is 11.2. The fourth-order valence-corrected chi connectivity index (χ4v) is 5.03. The van der Waals surface area contributed by atoms with Gasteiger partial charge < -0.3 is 9.84 Å². The Kier molecular flexibility index (Phi) is 7.33. The summed E-state index contributed by atoms with van der Waals surface area (Å²) in [5, 5.41) is 10.3. The number of hydrogen-bond donors (Lipinski definition) is 1. The van der Waals surface area contributed by atoms with E-state index in [9.17, 15) is 9.90 Å². The number of rotatable bonds is 6. The molecule has 4 heteroatoms. The molecule has 0 saturated carbocycles. The average Bonchev–Trinajstić information content (AvgIpc) is 3.14. The predicted molar refractivity (Wildman–Crippen MR) is 146 cm³/mol. The second-order valence-electron chi connectivity index (χ2n) is 11.6. The van der Waals surface area contributed by atoms with Gasteiger partial charge in [0, 0.05) is 32.2 Å². The Morgan fingerprint density at radius 1 is 1.03 bits per heavy atom. The molecule has 0 bridgehead atoms. The monoisotopic (exact) mass is 478 g/mol. The van der Waals surface area contributed by atoms with Gasteiger partial charge in [0.2, 0.25) is 0 Å². The van der Waals surface area contributed by atoms with E-state index in [0.29, 0.717) is 12.5 Å². The number of ether oxygens (including phenoxy) is 1. The molecule has 0 spiro atoms. The van der Waals surface area contributed by atoms with Crippen LogP contribution in [-0.4, -0.2) is 17.7 Å². The Labute approximate surface area is 208 Å². The largest absolute Gasteiger partial charge is 0.492 e. The SMILES string of the molecule is C/C(=C\C(=O)O)c1cc2c(-c3cc(C(C)(C)C)cc(C(C)(C)C)c3OCC(C)C)cccc2s1. The second-order valence-corrected chi connectivity index (χ2v) is 12.7. The number of allylic oxidation sites excluding steroid dienone is 1. The molecule has 1 aromatic heterocycles. The number of hydrogen-bond acceptors (Lipinski definition) is 3. The van der Waals surface area contributed by atoms with Crippen LogP contribution in [0.5, 0.6) is 5.75 Å². The fraction of sp³-hybridized carbons (Fsp3) is 0.433. The van der Waals surface area contributed by atoms with Gasteiger partial charge in [0.15, 0.2) is 0 Å². The summed E-state index contributed by atoms with van der Waals surface area (Å²) in [6, 6.07) is 13.1. The number of aliphatic carboxylic acids is 1. The third kappa shape index (κ3) is 5.72. The lowest BCUT2D eigenvalue weighted by atomic mass is 9.78. The highest BCUT2D eigenvalue weighted by Crippen LogP contribution is 2.46. The van der Waals surface area contributed by atoms with Crippen LogP contribution >= 0.6 is 11.3 Å². The second kappa shape index (κ2) is 9.58. The number of benzene rings is 2. The Morgan fingerprint density at radius 2 is 1.71 bits per heavy atom. The summed E-state index contributed by atoms with van der Waals surface area (Å²) < 4.78 is 7.69. The summed E-state index contributed by atoms with van der Waals surface area (Å²) >= 11 is 1.63. The smallest absolute Gasteiger partial charge is 0.328 e. The molecule has 3 aromatic rings. The van der Waals surface area contributed by atoms with Crippen molar-refractivity contribution in [2.75, 3.05) is 6.61 Å². The number of carboxylic acid groups (broad SMARTS) is 1. The summed E-state index contributed by atoms with van der Waals surface area (Å²) in [6.45, 7) is 20.3. The zero-order chi connectivity index (χ0) is 25.4. The molecule has 0 saturated heterocycles. The molecule has 0 aliphatic rings. The van der Waals surface area contributed by atoms with E-state index in [1.165, 1.54) is 17.2 Å². The maximum Gasteiger partial charge on any atom is 0.328 e. The van der Waals surface area contributed by atoms with Gasteiger partial charge in [0.25, 0.3) is 0 Å². The molecule has 3 nitrogen and oxygen atoms in total. The summed E-state index contributed by atoms with van der Waals surface area (Å²) in [5.41, 5.74) is 5.38. The van der Waals surface area contributed by atoms with Gasteiger partial charge in [-0.3, -0.25) is 0 Å². The molecule has 0 aliphatic heterocycles. The standard InChI is InChI=1S/C30H38O3S/c1-18(2)17-33-28-23(14-20(29(4,5)6)15-24(28)30(7,8)9)21-11-10-12-25-22(21)16-26(34-25)19(3)13-27(31)32/h10-16,18H,17H2,1-9H3,(H,31,32)/b19-13+. The van der Waals surface area contributed by atoms with Crippen LogP contribution in [0.4, 0.5) is 0 Å². The first kappa shape index (κ1) is 26.0. The van der Waals surface area contributed by atoms with Crippen LogP contribution in [0.3, 0.4) is 0 Å². The molecule has 1 N–H and O–H groups in total. The maximum absolute atomic E-state index is 11.2.